The van der Waals surface area contributed by atoms with E-state index in [0.717, 1.165) is 31.0 Å². The van der Waals surface area contributed by atoms with Crippen LogP contribution in [0.2, 0.25) is 0 Å². The molecule has 0 aromatic heterocycles. The van der Waals surface area contributed by atoms with Gasteiger partial charge in [0.2, 0.25) is 5.91 Å². The van der Waals surface area contributed by atoms with Crippen LogP contribution in [0.15, 0.2) is 0 Å². The molecular formula is C10H16N2O3S. The van der Waals surface area contributed by atoms with Crippen LogP contribution >= 0.6 is 11.8 Å². The molecule has 0 spiro atoms. The van der Waals surface area contributed by atoms with Gasteiger partial charge in [-0.25, -0.2) is 0 Å². The minimum Gasteiger partial charge on any atom is -0.393 e. The third kappa shape index (κ3) is 2.68. The summed E-state index contributed by atoms with van der Waals surface area (Å²) in [6.45, 7) is 0.511. The number of nitrogens with one attached hydrogen (secondary N) is 2. The first-order valence-corrected chi connectivity index (χ1v) is 6.54. The number of rotatable bonds is 3. The molecule has 90 valence electrons. The van der Waals surface area contributed by atoms with E-state index in [2.05, 4.69) is 10.6 Å². The van der Waals surface area contributed by atoms with Crippen molar-refractivity contribution in [2.45, 2.75) is 31.4 Å². The van der Waals surface area contributed by atoms with Gasteiger partial charge >= 0.3 is 0 Å². The number of aliphatic hydroxyl groups excluding tert-OH is 1. The zero-order valence-electron chi connectivity index (χ0n) is 8.94. The summed E-state index contributed by atoms with van der Waals surface area (Å²) in [6, 6.07) is -0.406. The van der Waals surface area contributed by atoms with Crippen molar-refractivity contribution in [2.75, 3.05) is 12.3 Å². The second kappa shape index (κ2) is 5.05. The average molecular weight is 244 g/mol. The lowest BCUT2D eigenvalue weighted by Crippen LogP contribution is -2.45. The van der Waals surface area contributed by atoms with Gasteiger partial charge in [-0.3, -0.25) is 9.59 Å². The summed E-state index contributed by atoms with van der Waals surface area (Å²) in [5, 5.41) is 14.8. The fourth-order valence-corrected chi connectivity index (χ4v) is 2.91. The minimum atomic E-state index is -0.406. The van der Waals surface area contributed by atoms with Crippen LogP contribution in [-0.4, -0.2) is 40.7 Å². The van der Waals surface area contributed by atoms with Gasteiger partial charge in [-0.2, -0.15) is 0 Å². The van der Waals surface area contributed by atoms with Crippen LogP contribution in [0.4, 0.5) is 4.79 Å². The highest BCUT2D eigenvalue weighted by Crippen LogP contribution is 2.24. The predicted octanol–water partition coefficient (Wildman–Crippen LogP) is 0.0886. The molecule has 3 N–H and O–H groups in total. The third-order valence-corrected chi connectivity index (χ3v) is 4.03. The van der Waals surface area contributed by atoms with Gasteiger partial charge in [0.15, 0.2) is 0 Å². The molecule has 1 saturated heterocycles. The van der Waals surface area contributed by atoms with Gasteiger partial charge in [-0.05, 0) is 12.8 Å². The van der Waals surface area contributed by atoms with E-state index in [4.69, 9.17) is 0 Å². The zero-order chi connectivity index (χ0) is 11.5. The van der Waals surface area contributed by atoms with Crippen molar-refractivity contribution in [3.63, 3.8) is 0 Å². The summed E-state index contributed by atoms with van der Waals surface area (Å²) < 4.78 is 0. The van der Waals surface area contributed by atoms with Crippen LogP contribution in [0.25, 0.3) is 0 Å². The Balaban J connectivity index is 1.73. The Morgan fingerprint density at radius 3 is 2.94 bits per heavy atom. The van der Waals surface area contributed by atoms with Gasteiger partial charge in [-0.15, -0.1) is 0 Å². The first kappa shape index (κ1) is 11.7. The topological polar surface area (TPSA) is 78.4 Å². The number of hydrogen-bond donors (Lipinski definition) is 3. The molecule has 3 unspecified atom stereocenters. The van der Waals surface area contributed by atoms with Crippen molar-refractivity contribution in [3.05, 3.63) is 0 Å². The Morgan fingerprint density at radius 1 is 1.56 bits per heavy atom. The first-order chi connectivity index (χ1) is 7.66. The lowest BCUT2D eigenvalue weighted by molar-refractivity contribution is -0.122. The Morgan fingerprint density at radius 2 is 2.38 bits per heavy atom. The highest BCUT2D eigenvalue weighted by atomic mass is 32.2. The molecule has 0 radical (unpaired) electrons. The molecule has 1 aliphatic heterocycles. The van der Waals surface area contributed by atoms with Gasteiger partial charge in [0.1, 0.15) is 6.04 Å². The Bertz CT molecular complexity index is 298. The molecule has 0 aromatic carbocycles. The van der Waals surface area contributed by atoms with Gasteiger partial charge < -0.3 is 15.7 Å². The molecule has 0 aromatic rings. The maximum absolute atomic E-state index is 11.6. The summed E-state index contributed by atoms with van der Waals surface area (Å²) in [5.74, 6) is 0.531. The summed E-state index contributed by atoms with van der Waals surface area (Å²) in [6.07, 6.45) is 2.54. The van der Waals surface area contributed by atoms with Crippen LogP contribution in [-0.2, 0) is 4.79 Å². The van der Waals surface area contributed by atoms with Crippen molar-refractivity contribution >= 4 is 22.9 Å². The van der Waals surface area contributed by atoms with Crippen molar-refractivity contribution in [2.24, 2.45) is 5.92 Å². The van der Waals surface area contributed by atoms with E-state index in [-0.39, 0.29) is 23.2 Å². The second-order valence-corrected chi connectivity index (χ2v) is 5.29. The third-order valence-electron chi connectivity index (χ3n) is 3.15. The number of carbonyl (C=O) groups is 2. The Labute approximate surface area is 98.4 Å². The molecule has 5 nitrogen and oxygen atoms in total. The largest absolute Gasteiger partial charge is 0.393 e. The highest BCUT2D eigenvalue weighted by Gasteiger charge is 2.30. The summed E-state index contributed by atoms with van der Waals surface area (Å²) in [7, 11) is 0. The van der Waals surface area contributed by atoms with Crippen LogP contribution in [0.5, 0.6) is 0 Å². The van der Waals surface area contributed by atoms with Crippen LogP contribution in [0.1, 0.15) is 19.3 Å². The predicted molar refractivity (Wildman–Crippen MR) is 61.1 cm³/mol. The van der Waals surface area contributed by atoms with Crippen molar-refractivity contribution in [1.29, 1.82) is 0 Å². The number of amides is 2. The van der Waals surface area contributed by atoms with E-state index >= 15 is 0 Å². The molecule has 3 atom stereocenters. The quantitative estimate of drug-likeness (QED) is 0.657. The van der Waals surface area contributed by atoms with Crippen molar-refractivity contribution < 1.29 is 14.7 Å². The highest BCUT2D eigenvalue weighted by molar-refractivity contribution is 8.14. The van der Waals surface area contributed by atoms with E-state index in [1.165, 1.54) is 0 Å². The van der Waals surface area contributed by atoms with E-state index in [9.17, 15) is 14.7 Å². The normalized spacial score (nSPS) is 33.8. The van der Waals surface area contributed by atoms with E-state index in [1.807, 2.05) is 0 Å². The monoisotopic (exact) mass is 244 g/mol. The molecule has 1 heterocycles. The van der Waals surface area contributed by atoms with Crippen LogP contribution < -0.4 is 10.6 Å². The van der Waals surface area contributed by atoms with E-state index in [1.54, 1.807) is 0 Å². The lowest BCUT2D eigenvalue weighted by atomic mass is 10.1. The van der Waals surface area contributed by atoms with Crippen molar-refractivity contribution in [3.8, 4) is 0 Å². The zero-order valence-corrected chi connectivity index (χ0v) is 9.76. The number of carbonyl (C=O) groups excluding carboxylic acids is 2. The van der Waals surface area contributed by atoms with Gasteiger partial charge in [0, 0.05) is 18.2 Å². The fourth-order valence-electron chi connectivity index (χ4n) is 2.14. The molecule has 16 heavy (non-hydrogen) atoms. The number of hydrogen-bond acceptors (Lipinski definition) is 4. The van der Waals surface area contributed by atoms with Gasteiger partial charge in [0.25, 0.3) is 5.24 Å². The SMILES string of the molecule is O=C1NC(C(=O)NCC2CCCC2O)CS1. The van der Waals surface area contributed by atoms with Crippen molar-refractivity contribution in [1.82, 2.24) is 10.6 Å². The smallest absolute Gasteiger partial charge is 0.279 e. The first-order valence-electron chi connectivity index (χ1n) is 5.56. The van der Waals surface area contributed by atoms with E-state index < -0.39 is 6.04 Å². The molecule has 1 saturated carbocycles. The Kier molecular flexibility index (Phi) is 3.70. The second-order valence-electron chi connectivity index (χ2n) is 4.30. The molecule has 2 fully saturated rings. The van der Waals surface area contributed by atoms with Crippen LogP contribution in [0, 0.1) is 5.92 Å². The van der Waals surface area contributed by atoms with Crippen LogP contribution in [0.3, 0.4) is 0 Å². The minimum absolute atomic E-state index is 0.138. The number of thioether (sulfide) groups is 1. The maximum Gasteiger partial charge on any atom is 0.279 e. The maximum atomic E-state index is 11.6. The fraction of sp³-hybridized carbons (Fsp3) is 0.800. The molecule has 1 aliphatic carbocycles. The molecule has 2 aliphatic rings. The summed E-state index contributed by atoms with van der Waals surface area (Å²) >= 11 is 1.13. The average Bonchev–Trinajstić information content (AvgIpc) is 2.84. The van der Waals surface area contributed by atoms with E-state index in [0.29, 0.717) is 12.3 Å². The van der Waals surface area contributed by atoms with Gasteiger partial charge in [-0.1, -0.05) is 18.2 Å². The molecule has 2 amide bonds. The molecule has 6 heteroatoms. The standard InChI is InChI=1S/C10H16N2O3S/c13-8-3-1-2-6(8)4-11-9(14)7-5-16-10(15)12-7/h6-8,13H,1-5H2,(H,11,14)(H,12,15). The molecular weight excluding hydrogens is 228 g/mol. The van der Waals surface area contributed by atoms with Gasteiger partial charge in [0.05, 0.1) is 6.10 Å². The lowest BCUT2D eigenvalue weighted by Gasteiger charge is -2.16. The summed E-state index contributed by atoms with van der Waals surface area (Å²) in [5.41, 5.74) is 0. The Hall–Kier alpha value is -0.750. The molecule has 2 rings (SSSR count). The number of aliphatic hydroxyl groups is 1. The summed E-state index contributed by atoms with van der Waals surface area (Å²) in [4.78, 5) is 22.5. The molecule has 0 bridgehead atoms.